The minimum absolute atomic E-state index is 0.0902. The Morgan fingerprint density at radius 2 is 0.864 bits per heavy atom. The van der Waals surface area contributed by atoms with E-state index in [4.69, 9.17) is 26.2 Å². The lowest BCUT2D eigenvalue weighted by molar-refractivity contribution is 0.670. The number of hydrogen-bond acceptors (Lipinski definition) is 4. The van der Waals surface area contributed by atoms with Crippen LogP contribution in [0.25, 0.3) is 111 Å². The van der Waals surface area contributed by atoms with E-state index >= 15 is 0 Å². The van der Waals surface area contributed by atoms with Gasteiger partial charge in [0.15, 0.2) is 17.5 Å². The number of aromatic nitrogens is 3. The number of furan rings is 1. The van der Waals surface area contributed by atoms with Crippen molar-refractivity contribution in [3.05, 3.63) is 212 Å². The number of rotatable bonds is 7. The van der Waals surface area contributed by atoms with Gasteiger partial charge < -0.3 is 4.42 Å². The molecule has 11 rings (SSSR count). The normalized spacial score (nSPS) is 12.6. The smallest absolute Gasteiger partial charge is 0.164 e. The van der Waals surface area contributed by atoms with E-state index in [1.165, 1.54) is 0 Å². The molecule has 0 aliphatic carbocycles. The molecule has 0 aliphatic rings. The fourth-order valence-electron chi connectivity index (χ4n) is 7.85. The fourth-order valence-corrected chi connectivity index (χ4v) is 7.85. The van der Waals surface area contributed by atoms with Crippen LogP contribution in [0.1, 0.15) is 6.85 Å². The Bertz CT molecular complexity index is 3600. The van der Waals surface area contributed by atoms with Gasteiger partial charge in [0.1, 0.15) is 11.2 Å². The van der Waals surface area contributed by atoms with Crippen LogP contribution in [0.4, 0.5) is 0 Å². The van der Waals surface area contributed by atoms with Gasteiger partial charge in [0.05, 0.1) is 6.85 Å². The van der Waals surface area contributed by atoms with Crippen LogP contribution < -0.4 is 0 Å². The summed E-state index contributed by atoms with van der Waals surface area (Å²) in [5.74, 6) is 1.26. The maximum atomic E-state index is 8.97. The molecule has 59 heavy (non-hydrogen) atoms. The molecule has 0 aliphatic heterocycles. The highest BCUT2D eigenvalue weighted by Crippen LogP contribution is 2.38. The van der Waals surface area contributed by atoms with Crippen LogP contribution in [0.2, 0.25) is 0 Å². The first-order chi connectivity index (χ1) is 31.3. The standard InChI is InChI=1S/C55H35N3O/c1-4-14-36(15-5-1)39-26-27-41-31-42(29-28-40(41)30-39)46-33-45(37-16-6-2-7-17-37)34-47(35-46)55-57-53(38-18-8-3-9-19-38)56-54(58-55)44-21-12-20-43(32-44)48-23-13-24-50-49-22-10-11-25-51(49)59-52(48)50/h1-35H/i2D,6D,7D,16D,17D. The van der Waals surface area contributed by atoms with E-state index in [0.29, 0.717) is 28.6 Å². The summed E-state index contributed by atoms with van der Waals surface area (Å²) in [5.41, 5.74) is 10.0. The summed E-state index contributed by atoms with van der Waals surface area (Å²) in [4.78, 5) is 15.2. The summed E-state index contributed by atoms with van der Waals surface area (Å²) in [5, 5.41) is 4.18. The average molecular weight is 759 g/mol. The molecule has 0 saturated carbocycles. The number of para-hydroxylation sites is 2. The highest BCUT2D eigenvalue weighted by atomic mass is 16.3. The summed E-state index contributed by atoms with van der Waals surface area (Å²) in [6.45, 7) is 0. The fraction of sp³-hybridized carbons (Fsp3) is 0. The maximum Gasteiger partial charge on any atom is 0.164 e. The molecular weight excluding hydrogens is 719 g/mol. The first-order valence-electron chi connectivity index (χ1n) is 21.9. The average Bonchev–Trinajstić information content (AvgIpc) is 3.74. The zero-order valence-electron chi connectivity index (χ0n) is 36.6. The second-order valence-corrected chi connectivity index (χ2v) is 14.5. The highest BCUT2D eigenvalue weighted by molar-refractivity contribution is 6.09. The van der Waals surface area contributed by atoms with Crippen LogP contribution in [-0.4, -0.2) is 15.0 Å². The zero-order chi connectivity index (χ0) is 43.5. The molecule has 276 valence electrons. The number of hydrogen-bond donors (Lipinski definition) is 0. The molecular formula is C55H35N3O. The van der Waals surface area contributed by atoms with Crippen LogP contribution in [0, 0.1) is 0 Å². The van der Waals surface area contributed by atoms with Gasteiger partial charge in [-0.1, -0.05) is 170 Å². The van der Waals surface area contributed by atoms with Crippen molar-refractivity contribution in [1.82, 2.24) is 15.0 Å². The first-order valence-corrected chi connectivity index (χ1v) is 19.4. The Morgan fingerprint density at radius 3 is 1.61 bits per heavy atom. The number of nitrogens with zero attached hydrogens (tertiary/aromatic N) is 3. The van der Waals surface area contributed by atoms with Gasteiger partial charge in [-0.3, -0.25) is 0 Å². The summed E-state index contributed by atoms with van der Waals surface area (Å²) in [7, 11) is 0. The van der Waals surface area contributed by atoms with Crippen LogP contribution in [0.5, 0.6) is 0 Å². The molecule has 9 aromatic carbocycles. The molecule has 0 radical (unpaired) electrons. The minimum Gasteiger partial charge on any atom is -0.455 e. The van der Waals surface area contributed by atoms with Crippen molar-refractivity contribution in [2.75, 3.05) is 0 Å². The van der Waals surface area contributed by atoms with Gasteiger partial charge in [-0.2, -0.15) is 0 Å². The van der Waals surface area contributed by atoms with E-state index in [-0.39, 0.29) is 17.6 Å². The van der Waals surface area contributed by atoms with Crippen LogP contribution in [0.3, 0.4) is 0 Å². The van der Waals surface area contributed by atoms with Crippen LogP contribution >= 0.6 is 0 Å². The van der Waals surface area contributed by atoms with Crippen molar-refractivity contribution in [3.63, 3.8) is 0 Å². The third kappa shape index (κ3) is 6.53. The van der Waals surface area contributed by atoms with Gasteiger partial charge in [0, 0.05) is 33.0 Å². The van der Waals surface area contributed by atoms with E-state index < -0.39 is 18.1 Å². The molecule has 2 heterocycles. The minimum atomic E-state index is -0.451. The molecule has 0 saturated heterocycles. The lowest BCUT2D eigenvalue weighted by Gasteiger charge is -2.13. The molecule has 4 heteroatoms. The molecule has 0 N–H and O–H groups in total. The molecule has 0 atom stereocenters. The Kier molecular flexibility index (Phi) is 7.22. The maximum absolute atomic E-state index is 8.97. The van der Waals surface area contributed by atoms with Crippen molar-refractivity contribution in [1.29, 1.82) is 0 Å². The topological polar surface area (TPSA) is 51.8 Å². The van der Waals surface area contributed by atoms with Crippen molar-refractivity contribution < 1.29 is 11.3 Å². The quantitative estimate of drug-likeness (QED) is 0.162. The van der Waals surface area contributed by atoms with Gasteiger partial charge in [-0.05, 0) is 92.2 Å². The Hall–Kier alpha value is -7.95. The molecule has 11 aromatic rings. The van der Waals surface area contributed by atoms with E-state index in [1.54, 1.807) is 6.07 Å². The second kappa shape index (κ2) is 14.5. The summed E-state index contributed by atoms with van der Waals surface area (Å²) >= 11 is 0. The molecule has 0 fully saturated rings. The zero-order valence-corrected chi connectivity index (χ0v) is 31.6. The van der Waals surface area contributed by atoms with Gasteiger partial charge >= 0.3 is 0 Å². The van der Waals surface area contributed by atoms with Crippen molar-refractivity contribution >= 4 is 32.7 Å². The van der Waals surface area contributed by atoms with E-state index in [9.17, 15) is 0 Å². The Labute approximate surface area is 348 Å². The third-order valence-corrected chi connectivity index (χ3v) is 10.8. The van der Waals surface area contributed by atoms with E-state index in [2.05, 4.69) is 66.7 Å². The predicted molar refractivity (Wildman–Crippen MR) is 243 cm³/mol. The number of fused-ring (bicyclic) bond motifs is 4. The lowest BCUT2D eigenvalue weighted by Crippen LogP contribution is -2.00. The molecule has 2 aromatic heterocycles. The molecule has 4 nitrogen and oxygen atoms in total. The van der Waals surface area contributed by atoms with Crippen LogP contribution in [-0.2, 0) is 0 Å². The highest BCUT2D eigenvalue weighted by Gasteiger charge is 2.17. The number of benzene rings is 9. The Balaban J connectivity index is 1.10. The lowest BCUT2D eigenvalue weighted by atomic mass is 9.94. The summed E-state index contributed by atoms with van der Waals surface area (Å²) in [6, 6.07) is 58.7. The van der Waals surface area contributed by atoms with Crippen LogP contribution in [0.15, 0.2) is 217 Å². The van der Waals surface area contributed by atoms with Crippen molar-refractivity contribution in [3.8, 4) is 78.7 Å². The molecule has 0 unspecified atom stereocenters. The van der Waals surface area contributed by atoms with Crippen molar-refractivity contribution in [2.24, 2.45) is 0 Å². The monoisotopic (exact) mass is 758 g/mol. The Morgan fingerprint density at radius 1 is 0.339 bits per heavy atom. The largest absolute Gasteiger partial charge is 0.455 e. The summed E-state index contributed by atoms with van der Waals surface area (Å²) < 4.78 is 49.8. The van der Waals surface area contributed by atoms with E-state index in [0.717, 1.165) is 77.2 Å². The van der Waals surface area contributed by atoms with Gasteiger partial charge in [0.25, 0.3) is 0 Å². The molecule has 0 bridgehead atoms. The first kappa shape index (κ1) is 29.3. The molecule has 0 spiro atoms. The molecule has 0 amide bonds. The van der Waals surface area contributed by atoms with Gasteiger partial charge in [-0.15, -0.1) is 0 Å². The predicted octanol–water partition coefficient (Wildman–Crippen LogP) is 14.6. The van der Waals surface area contributed by atoms with Crippen molar-refractivity contribution in [2.45, 2.75) is 0 Å². The van der Waals surface area contributed by atoms with Gasteiger partial charge in [0.2, 0.25) is 0 Å². The van der Waals surface area contributed by atoms with Gasteiger partial charge in [-0.25, -0.2) is 15.0 Å². The third-order valence-electron chi connectivity index (χ3n) is 10.8. The second-order valence-electron chi connectivity index (χ2n) is 14.5. The summed E-state index contributed by atoms with van der Waals surface area (Å²) in [6.07, 6.45) is 0. The SMILES string of the molecule is [2H]c1c([2H])c([2H])c(-c2cc(-c3ccc4cc(-c5ccccc5)ccc4c3)cc(-c3nc(-c4ccccc4)nc(-c4cccc(-c5cccc6c5oc5ccccc56)c4)n3)c2)c([2H])c1[2H]. The van der Waals surface area contributed by atoms with E-state index in [1.807, 2.05) is 109 Å².